The highest BCUT2D eigenvalue weighted by atomic mass is 16.2. The highest BCUT2D eigenvalue weighted by molar-refractivity contribution is 5.73. The van der Waals surface area contributed by atoms with E-state index in [1.807, 2.05) is 35.2 Å². The van der Waals surface area contributed by atoms with Crippen LogP contribution in [-0.2, 0) is 4.79 Å². The van der Waals surface area contributed by atoms with Crippen LogP contribution in [0, 0.1) is 6.92 Å². The Morgan fingerprint density at radius 1 is 1.10 bits per heavy atom. The van der Waals surface area contributed by atoms with Crippen LogP contribution in [0.5, 0.6) is 0 Å². The van der Waals surface area contributed by atoms with Gasteiger partial charge in [-0.15, -0.1) is 5.10 Å². The Bertz CT molecular complexity index is 987. The lowest BCUT2D eigenvalue weighted by Crippen LogP contribution is -2.41. The molecule has 7 heteroatoms. The van der Waals surface area contributed by atoms with Crippen LogP contribution in [-0.4, -0.2) is 44.7 Å². The van der Waals surface area contributed by atoms with Gasteiger partial charge in [-0.3, -0.25) is 4.79 Å². The molecule has 1 aliphatic heterocycles. The quantitative estimate of drug-likeness (QED) is 0.677. The monoisotopic (exact) mass is 394 g/mol. The lowest BCUT2D eigenvalue weighted by Gasteiger charge is -2.32. The van der Waals surface area contributed by atoms with Crippen LogP contribution >= 0.6 is 0 Å². The zero-order valence-electron chi connectivity index (χ0n) is 16.8. The fourth-order valence-corrected chi connectivity index (χ4v) is 3.67. The Kier molecular flexibility index (Phi) is 5.46. The normalized spacial score (nSPS) is 14.6. The average Bonchev–Trinajstić information content (AvgIpc) is 3.17. The van der Waals surface area contributed by atoms with E-state index in [0.717, 1.165) is 48.6 Å². The zero-order chi connectivity index (χ0) is 20.2. The van der Waals surface area contributed by atoms with Crippen LogP contribution in [0.3, 0.4) is 0 Å². The first-order valence-electron chi connectivity index (χ1n) is 9.95. The predicted molar refractivity (Wildman–Crippen MR) is 119 cm³/mol. The van der Waals surface area contributed by atoms with Gasteiger partial charge in [0, 0.05) is 40.3 Å². The molecule has 1 aliphatic rings. The van der Waals surface area contributed by atoms with Crippen molar-refractivity contribution in [3.63, 3.8) is 0 Å². The molecule has 4 rings (SSSR count). The number of likely N-dealkylation sites (tertiary alicyclic amines) is 1. The number of rotatable bonds is 5. The molecule has 2 aromatic carbocycles. The largest absolute Gasteiger partial charge is 0.382 e. The van der Waals surface area contributed by atoms with Gasteiger partial charge in [0.15, 0.2) is 0 Å². The molecule has 1 aromatic heterocycles. The summed E-state index contributed by atoms with van der Waals surface area (Å²) in [6.07, 6.45) is 3.62. The van der Waals surface area contributed by atoms with Crippen LogP contribution in [0.4, 0.5) is 17.3 Å². The summed E-state index contributed by atoms with van der Waals surface area (Å²) in [4.78, 5) is 17.8. The molecule has 1 fully saturated rings. The van der Waals surface area contributed by atoms with Gasteiger partial charge in [0.1, 0.15) is 6.33 Å². The number of aromatic nitrogens is 3. The number of carbonyl (C=O) groups excluding carboxylic acids is 1. The molecule has 29 heavy (non-hydrogen) atoms. The van der Waals surface area contributed by atoms with Crippen molar-refractivity contribution in [1.29, 1.82) is 0 Å². The minimum atomic E-state index is 0. The smallest absolute Gasteiger partial charge is 0.246 e. The van der Waals surface area contributed by atoms with Crippen molar-refractivity contribution >= 4 is 23.2 Å². The Morgan fingerprint density at radius 3 is 2.55 bits per heavy atom. The topological polar surface area (TPSA) is 75.1 Å². The second-order valence-electron chi connectivity index (χ2n) is 7.49. The molecule has 0 radical (unpaired) electrons. The number of amides is 1. The van der Waals surface area contributed by atoms with Crippen molar-refractivity contribution < 1.29 is 7.65 Å². The van der Waals surface area contributed by atoms with Crippen LogP contribution in [0.2, 0.25) is 0 Å². The Labute approximate surface area is 173 Å². The lowest BCUT2D eigenvalue weighted by molar-refractivity contribution is -0.129. The maximum absolute atomic E-state index is 11.5. The number of nitrogens with one attached hydrogen (secondary N) is 2. The molecule has 2 heterocycles. The van der Waals surface area contributed by atoms with Crippen molar-refractivity contribution in [1.82, 2.24) is 19.7 Å². The van der Waals surface area contributed by atoms with Gasteiger partial charge >= 0.3 is 0 Å². The molecule has 3 aromatic rings. The maximum atomic E-state index is 11.5. The van der Waals surface area contributed by atoms with E-state index in [-0.39, 0.29) is 8.76 Å². The number of para-hydroxylation sites is 1. The highest BCUT2D eigenvalue weighted by Crippen LogP contribution is 2.24. The summed E-state index contributed by atoms with van der Waals surface area (Å²) >= 11 is 0. The lowest BCUT2D eigenvalue weighted by atomic mass is 10.0. The molecule has 1 amide bonds. The van der Waals surface area contributed by atoms with E-state index in [0.29, 0.717) is 12.0 Å². The summed E-state index contributed by atoms with van der Waals surface area (Å²) in [6, 6.07) is 16.6. The van der Waals surface area contributed by atoms with E-state index in [1.54, 1.807) is 17.9 Å². The molecule has 0 saturated carbocycles. The first-order chi connectivity index (χ1) is 14.1. The van der Waals surface area contributed by atoms with Crippen LogP contribution in [0.25, 0.3) is 5.69 Å². The summed E-state index contributed by atoms with van der Waals surface area (Å²) in [5.41, 5.74) is 4.13. The summed E-state index contributed by atoms with van der Waals surface area (Å²) in [5.74, 6) is 0.716. The van der Waals surface area contributed by atoms with Crippen LogP contribution in [0.1, 0.15) is 28.2 Å². The SMILES string of the molecule is CC(=O)N1CCC(Nc2cc(C)cc(Nc3ncn(-c4ccccc4)n3)c2)CC1.[HH].[HH]. The average molecular weight is 395 g/mol. The number of piperidine rings is 1. The third kappa shape index (κ3) is 4.74. The number of carbonyl (C=O) groups is 1. The number of anilines is 3. The number of hydrogen-bond donors (Lipinski definition) is 2. The number of benzene rings is 2. The Balaban J connectivity index is 0.00000171. The molecule has 0 atom stereocenters. The van der Waals surface area contributed by atoms with Gasteiger partial charge in [0.25, 0.3) is 0 Å². The molecular weight excluding hydrogens is 364 g/mol. The zero-order valence-corrected chi connectivity index (χ0v) is 16.8. The van der Waals surface area contributed by atoms with E-state index < -0.39 is 0 Å². The van der Waals surface area contributed by atoms with Crippen molar-refractivity contribution in [2.45, 2.75) is 32.7 Å². The predicted octanol–water partition coefficient (Wildman–Crippen LogP) is 4.23. The summed E-state index contributed by atoms with van der Waals surface area (Å²) in [5, 5.41) is 11.4. The third-order valence-electron chi connectivity index (χ3n) is 5.16. The second kappa shape index (κ2) is 8.34. The molecule has 2 N–H and O–H groups in total. The van der Waals surface area contributed by atoms with E-state index in [4.69, 9.17) is 0 Å². The molecule has 0 spiro atoms. The van der Waals surface area contributed by atoms with Crippen molar-refractivity contribution in [2.24, 2.45) is 0 Å². The van der Waals surface area contributed by atoms with Gasteiger partial charge in [0.2, 0.25) is 11.9 Å². The first kappa shape index (κ1) is 19.0. The molecule has 1 saturated heterocycles. The summed E-state index contributed by atoms with van der Waals surface area (Å²) < 4.78 is 1.75. The van der Waals surface area contributed by atoms with Crippen LogP contribution < -0.4 is 10.6 Å². The molecule has 7 nitrogen and oxygen atoms in total. The fourth-order valence-electron chi connectivity index (χ4n) is 3.67. The molecule has 154 valence electrons. The van der Waals surface area contributed by atoms with Crippen molar-refractivity contribution in [3.05, 3.63) is 60.4 Å². The number of aryl methyl sites for hydroxylation is 1. The minimum absolute atomic E-state index is 0. The van der Waals surface area contributed by atoms with E-state index in [1.165, 1.54) is 0 Å². The summed E-state index contributed by atoms with van der Waals surface area (Å²) in [7, 11) is 0. The molecule has 0 unspecified atom stereocenters. The Hall–Kier alpha value is -3.35. The van der Waals surface area contributed by atoms with Gasteiger partial charge in [-0.25, -0.2) is 4.68 Å². The number of nitrogens with zero attached hydrogens (tertiary/aromatic N) is 4. The molecule has 0 bridgehead atoms. The van der Waals surface area contributed by atoms with Crippen LogP contribution in [0.15, 0.2) is 54.9 Å². The molecular formula is C22H30N6O. The van der Waals surface area contributed by atoms with Gasteiger partial charge in [-0.05, 0) is 55.7 Å². The van der Waals surface area contributed by atoms with Gasteiger partial charge in [0.05, 0.1) is 5.69 Å². The van der Waals surface area contributed by atoms with E-state index in [2.05, 4.69) is 45.8 Å². The van der Waals surface area contributed by atoms with Gasteiger partial charge in [-0.1, -0.05) is 18.2 Å². The van der Waals surface area contributed by atoms with Gasteiger partial charge < -0.3 is 15.5 Å². The number of hydrogen-bond acceptors (Lipinski definition) is 5. The van der Waals surface area contributed by atoms with Crippen molar-refractivity contribution in [3.8, 4) is 5.69 Å². The summed E-state index contributed by atoms with van der Waals surface area (Å²) in [6.45, 7) is 5.33. The van der Waals surface area contributed by atoms with Gasteiger partial charge in [-0.2, -0.15) is 4.98 Å². The first-order valence-corrected chi connectivity index (χ1v) is 9.95. The highest BCUT2D eigenvalue weighted by Gasteiger charge is 2.20. The minimum Gasteiger partial charge on any atom is -0.382 e. The third-order valence-corrected chi connectivity index (χ3v) is 5.16. The second-order valence-corrected chi connectivity index (χ2v) is 7.49. The Morgan fingerprint density at radius 2 is 1.83 bits per heavy atom. The van der Waals surface area contributed by atoms with E-state index in [9.17, 15) is 4.79 Å². The standard InChI is InChI=1S/C22H26N6O.2H2/c1-16-12-19(24-18-8-10-27(11-9-18)17(2)29)14-20(13-16)25-22-23-15-28(26-22)21-6-4-3-5-7-21;;/h3-7,12-15,18,24H,8-11H2,1-2H3,(H,25,26);2*1H. The van der Waals surface area contributed by atoms with E-state index >= 15 is 0 Å². The van der Waals surface area contributed by atoms with Crippen molar-refractivity contribution in [2.75, 3.05) is 23.7 Å². The maximum Gasteiger partial charge on any atom is 0.246 e. The fraction of sp³-hybridized carbons (Fsp3) is 0.318. The molecule has 0 aliphatic carbocycles.